The number of aliphatic hydroxyl groups is 2. The van der Waals surface area contributed by atoms with Crippen molar-refractivity contribution >= 4 is 18.6 Å². The highest BCUT2D eigenvalue weighted by Gasteiger charge is 2.22. The summed E-state index contributed by atoms with van der Waals surface area (Å²) in [6.45, 7) is 0.214. The molecule has 3 N–H and O–H groups in total. The molecule has 0 aliphatic heterocycles. The van der Waals surface area contributed by atoms with Crippen LogP contribution in [0, 0.1) is 0 Å². The fourth-order valence-electron chi connectivity index (χ4n) is 1.03. The van der Waals surface area contributed by atoms with Crippen molar-refractivity contribution in [3.8, 4) is 0 Å². The minimum atomic E-state index is -0.989. The van der Waals surface area contributed by atoms with Crippen LogP contribution >= 0.6 is 12.6 Å². The van der Waals surface area contributed by atoms with Crippen LogP contribution in [0.15, 0.2) is 0 Å². The van der Waals surface area contributed by atoms with Crippen LogP contribution in [0.3, 0.4) is 0 Å². The Labute approximate surface area is 82.4 Å². The van der Waals surface area contributed by atoms with E-state index in [9.17, 15) is 4.79 Å². The number of carboxylic acid groups (broad SMARTS) is 1. The Morgan fingerprint density at radius 3 is 2.00 bits per heavy atom. The number of carboxylic acids is 1. The van der Waals surface area contributed by atoms with Crippen molar-refractivity contribution in [3.05, 3.63) is 0 Å². The Balaban J connectivity index is 4.20. The van der Waals surface area contributed by atoms with Gasteiger partial charge in [-0.05, 0) is 0 Å². The Bertz CT molecular complexity index is 149. The van der Waals surface area contributed by atoms with Crippen LogP contribution in [0.25, 0.3) is 0 Å². The van der Waals surface area contributed by atoms with Gasteiger partial charge in [-0.25, -0.2) is 0 Å². The lowest BCUT2D eigenvalue weighted by Crippen LogP contribution is -2.45. The standard InChI is InChI=1S/C7H15NO4S/c9-3-1-8(2-4-10)6(5-13)7(11)12/h6,9-10,13H,1-5H2,(H,11,12)/t6-/m0/s1. The molecule has 0 heterocycles. The van der Waals surface area contributed by atoms with Crippen molar-refractivity contribution in [1.29, 1.82) is 0 Å². The van der Waals surface area contributed by atoms with Crippen LogP contribution in [0.2, 0.25) is 0 Å². The molecule has 0 aromatic heterocycles. The van der Waals surface area contributed by atoms with Crippen molar-refractivity contribution in [2.75, 3.05) is 32.1 Å². The van der Waals surface area contributed by atoms with Crippen LogP contribution in [0.5, 0.6) is 0 Å². The maximum absolute atomic E-state index is 10.7. The highest BCUT2D eigenvalue weighted by molar-refractivity contribution is 7.80. The van der Waals surface area contributed by atoms with Crippen molar-refractivity contribution in [3.63, 3.8) is 0 Å². The van der Waals surface area contributed by atoms with E-state index in [2.05, 4.69) is 12.6 Å². The first-order valence-corrected chi connectivity index (χ1v) is 4.60. The van der Waals surface area contributed by atoms with Gasteiger partial charge in [0.15, 0.2) is 0 Å². The molecule has 0 saturated carbocycles. The van der Waals surface area contributed by atoms with E-state index in [1.54, 1.807) is 0 Å². The molecular formula is C7H15NO4S. The predicted octanol–water partition coefficient (Wildman–Crippen LogP) is -1.34. The van der Waals surface area contributed by atoms with E-state index < -0.39 is 12.0 Å². The number of rotatable bonds is 7. The molecule has 0 aromatic rings. The van der Waals surface area contributed by atoms with E-state index in [0.29, 0.717) is 0 Å². The quantitative estimate of drug-likeness (QED) is 0.390. The largest absolute Gasteiger partial charge is 0.480 e. The Morgan fingerprint density at radius 2 is 1.77 bits per heavy atom. The highest BCUT2D eigenvalue weighted by Crippen LogP contribution is 2.01. The van der Waals surface area contributed by atoms with Crippen LogP contribution in [-0.2, 0) is 4.79 Å². The van der Waals surface area contributed by atoms with Crippen LogP contribution in [0.4, 0.5) is 0 Å². The maximum atomic E-state index is 10.7. The van der Waals surface area contributed by atoms with Gasteiger partial charge < -0.3 is 15.3 Å². The van der Waals surface area contributed by atoms with Crippen molar-refractivity contribution in [2.24, 2.45) is 0 Å². The fraction of sp³-hybridized carbons (Fsp3) is 0.857. The number of thiol groups is 1. The second-order valence-electron chi connectivity index (χ2n) is 2.52. The van der Waals surface area contributed by atoms with Gasteiger partial charge >= 0.3 is 5.97 Å². The minimum Gasteiger partial charge on any atom is -0.480 e. The minimum absolute atomic E-state index is 0.127. The second kappa shape index (κ2) is 7.14. The Morgan fingerprint density at radius 1 is 1.31 bits per heavy atom. The van der Waals surface area contributed by atoms with Crippen LogP contribution in [-0.4, -0.2) is 64.3 Å². The van der Waals surface area contributed by atoms with E-state index in [0.717, 1.165) is 0 Å². The van der Waals surface area contributed by atoms with Gasteiger partial charge in [-0.15, -0.1) is 0 Å². The van der Waals surface area contributed by atoms with Crippen molar-refractivity contribution in [2.45, 2.75) is 6.04 Å². The molecule has 0 rings (SSSR count). The summed E-state index contributed by atoms with van der Waals surface area (Å²) in [6, 6.07) is -0.748. The zero-order valence-electron chi connectivity index (χ0n) is 7.26. The summed E-state index contributed by atoms with van der Waals surface area (Å²) < 4.78 is 0. The molecule has 0 fully saturated rings. The zero-order valence-corrected chi connectivity index (χ0v) is 8.15. The molecule has 78 valence electrons. The number of aliphatic carboxylic acids is 1. The summed E-state index contributed by atoms with van der Waals surface area (Å²) in [4.78, 5) is 12.1. The first-order valence-electron chi connectivity index (χ1n) is 3.96. The average molecular weight is 209 g/mol. The van der Waals surface area contributed by atoms with E-state index in [1.807, 2.05) is 0 Å². The van der Waals surface area contributed by atoms with Gasteiger partial charge in [-0.1, -0.05) is 0 Å². The monoisotopic (exact) mass is 209 g/mol. The summed E-state index contributed by atoms with van der Waals surface area (Å²) in [7, 11) is 0. The van der Waals surface area contributed by atoms with E-state index in [-0.39, 0.29) is 32.1 Å². The van der Waals surface area contributed by atoms with E-state index in [1.165, 1.54) is 4.90 Å². The maximum Gasteiger partial charge on any atom is 0.321 e. The summed E-state index contributed by atoms with van der Waals surface area (Å²) in [5.41, 5.74) is 0. The molecule has 0 bridgehead atoms. The average Bonchev–Trinajstić information content (AvgIpc) is 2.05. The molecule has 0 amide bonds. The normalized spacial score (nSPS) is 13.2. The molecule has 5 nitrogen and oxygen atoms in total. The van der Waals surface area contributed by atoms with Gasteiger partial charge in [0.05, 0.1) is 13.2 Å². The molecule has 6 heteroatoms. The topological polar surface area (TPSA) is 81.0 Å². The van der Waals surface area contributed by atoms with Gasteiger partial charge in [-0.2, -0.15) is 12.6 Å². The molecule has 1 atom stereocenters. The molecule has 0 radical (unpaired) electrons. The lowest BCUT2D eigenvalue weighted by atomic mass is 10.3. The van der Waals surface area contributed by atoms with E-state index >= 15 is 0 Å². The lowest BCUT2D eigenvalue weighted by Gasteiger charge is -2.25. The SMILES string of the molecule is O=C(O)[C@H](CS)N(CCO)CCO. The van der Waals surface area contributed by atoms with E-state index in [4.69, 9.17) is 15.3 Å². The molecule has 0 aliphatic carbocycles. The molecule has 0 unspecified atom stereocenters. The van der Waals surface area contributed by atoms with Crippen LogP contribution in [0.1, 0.15) is 0 Å². The fourth-order valence-corrected chi connectivity index (χ4v) is 1.42. The highest BCUT2D eigenvalue weighted by atomic mass is 32.1. The third kappa shape index (κ3) is 4.47. The summed E-state index contributed by atoms with van der Waals surface area (Å²) >= 11 is 3.89. The Kier molecular flexibility index (Phi) is 6.97. The van der Waals surface area contributed by atoms with Gasteiger partial charge in [0.25, 0.3) is 0 Å². The molecule has 0 aliphatic rings. The van der Waals surface area contributed by atoms with Gasteiger partial charge in [0.2, 0.25) is 0 Å². The second-order valence-corrected chi connectivity index (χ2v) is 2.88. The van der Waals surface area contributed by atoms with Crippen molar-refractivity contribution in [1.82, 2.24) is 4.90 Å². The number of hydrogen-bond donors (Lipinski definition) is 4. The molecule has 0 saturated heterocycles. The number of nitrogens with zero attached hydrogens (tertiary/aromatic N) is 1. The summed E-state index contributed by atoms with van der Waals surface area (Å²) in [6.07, 6.45) is 0. The number of hydrogen-bond acceptors (Lipinski definition) is 5. The molecular weight excluding hydrogens is 194 g/mol. The first kappa shape index (κ1) is 12.7. The summed E-state index contributed by atoms with van der Waals surface area (Å²) in [5.74, 6) is -0.827. The Hall–Kier alpha value is -0.300. The lowest BCUT2D eigenvalue weighted by molar-refractivity contribution is -0.142. The van der Waals surface area contributed by atoms with Crippen LogP contribution < -0.4 is 0 Å². The van der Waals surface area contributed by atoms with Gasteiger partial charge in [-0.3, -0.25) is 9.69 Å². The zero-order chi connectivity index (χ0) is 10.3. The van der Waals surface area contributed by atoms with Gasteiger partial charge in [0, 0.05) is 18.8 Å². The van der Waals surface area contributed by atoms with Gasteiger partial charge in [0.1, 0.15) is 6.04 Å². The summed E-state index contributed by atoms with van der Waals surface area (Å²) in [5, 5.41) is 26.0. The third-order valence-electron chi connectivity index (χ3n) is 1.67. The first-order chi connectivity index (χ1) is 6.17. The molecule has 13 heavy (non-hydrogen) atoms. The predicted molar refractivity (Wildman–Crippen MR) is 51.0 cm³/mol. The van der Waals surface area contributed by atoms with Crippen molar-refractivity contribution < 1.29 is 20.1 Å². The molecule has 0 aromatic carbocycles. The third-order valence-corrected chi connectivity index (χ3v) is 2.02. The molecule has 0 spiro atoms. The number of carbonyl (C=O) groups is 1. The number of aliphatic hydroxyl groups excluding tert-OH is 2. The smallest absolute Gasteiger partial charge is 0.321 e.